The lowest BCUT2D eigenvalue weighted by Gasteiger charge is -2.22. The maximum absolute atomic E-state index is 13.0. The second-order valence-electron chi connectivity index (χ2n) is 8.69. The fourth-order valence-corrected chi connectivity index (χ4v) is 3.74. The SMILES string of the molecule is CC(C)(C)OC(=O)Nc1ccc(C(=O)N2CCCC(c3ccccc3)CC2)c(O)c1. The predicted octanol–water partition coefficient (Wildman–Crippen LogP) is 5.15. The van der Waals surface area contributed by atoms with E-state index in [4.69, 9.17) is 4.74 Å². The summed E-state index contributed by atoms with van der Waals surface area (Å²) in [5.74, 6) is 0.0976. The summed E-state index contributed by atoms with van der Waals surface area (Å²) in [5.41, 5.74) is 1.31. The second-order valence-corrected chi connectivity index (χ2v) is 8.69. The number of amides is 2. The molecular formula is C24H30N2O4. The summed E-state index contributed by atoms with van der Waals surface area (Å²) in [6.07, 6.45) is 2.25. The van der Waals surface area contributed by atoms with Crippen LogP contribution in [0.1, 0.15) is 61.9 Å². The van der Waals surface area contributed by atoms with Crippen LogP contribution in [0.15, 0.2) is 48.5 Å². The minimum absolute atomic E-state index is 0.155. The molecule has 1 heterocycles. The largest absolute Gasteiger partial charge is 0.507 e. The number of aromatic hydroxyl groups is 1. The number of carbonyl (C=O) groups excluding carboxylic acids is 2. The first kappa shape index (κ1) is 21.7. The van der Waals surface area contributed by atoms with E-state index < -0.39 is 11.7 Å². The maximum Gasteiger partial charge on any atom is 0.412 e. The van der Waals surface area contributed by atoms with Gasteiger partial charge < -0.3 is 14.7 Å². The number of ether oxygens (including phenoxy) is 1. The van der Waals surface area contributed by atoms with Crippen LogP contribution in [0, 0.1) is 0 Å². The fraction of sp³-hybridized carbons (Fsp3) is 0.417. The Balaban J connectivity index is 1.64. The van der Waals surface area contributed by atoms with Gasteiger partial charge in [-0.2, -0.15) is 0 Å². The summed E-state index contributed by atoms with van der Waals surface area (Å²) >= 11 is 0. The van der Waals surface area contributed by atoms with Crippen LogP contribution in [0.5, 0.6) is 5.75 Å². The highest BCUT2D eigenvalue weighted by Crippen LogP contribution is 2.30. The number of anilines is 1. The third-order valence-electron chi connectivity index (χ3n) is 5.16. The van der Waals surface area contributed by atoms with Crippen LogP contribution in [-0.4, -0.2) is 40.7 Å². The highest BCUT2D eigenvalue weighted by molar-refractivity contribution is 5.98. The van der Waals surface area contributed by atoms with Gasteiger partial charge >= 0.3 is 6.09 Å². The number of carbonyl (C=O) groups is 2. The van der Waals surface area contributed by atoms with Gasteiger partial charge in [-0.15, -0.1) is 0 Å². The van der Waals surface area contributed by atoms with E-state index in [0.717, 1.165) is 19.3 Å². The Hall–Kier alpha value is -3.02. The van der Waals surface area contributed by atoms with Crippen molar-refractivity contribution in [1.82, 2.24) is 4.90 Å². The number of rotatable bonds is 3. The summed E-state index contributed by atoms with van der Waals surface area (Å²) in [5, 5.41) is 13.0. The molecule has 1 saturated heterocycles. The van der Waals surface area contributed by atoms with Crippen molar-refractivity contribution in [3.8, 4) is 5.75 Å². The van der Waals surface area contributed by atoms with Crippen molar-refractivity contribution in [2.24, 2.45) is 0 Å². The third kappa shape index (κ3) is 5.75. The first-order valence-electron chi connectivity index (χ1n) is 10.4. The molecule has 2 N–H and O–H groups in total. The van der Waals surface area contributed by atoms with Gasteiger partial charge in [-0.1, -0.05) is 30.3 Å². The highest BCUT2D eigenvalue weighted by atomic mass is 16.6. The van der Waals surface area contributed by atoms with Crippen molar-refractivity contribution in [1.29, 1.82) is 0 Å². The maximum atomic E-state index is 13.0. The Labute approximate surface area is 177 Å². The summed E-state index contributed by atoms with van der Waals surface area (Å²) in [6.45, 7) is 6.63. The lowest BCUT2D eigenvalue weighted by atomic mass is 9.92. The average molecular weight is 411 g/mol. The highest BCUT2D eigenvalue weighted by Gasteiger charge is 2.24. The molecule has 6 nitrogen and oxygen atoms in total. The Morgan fingerprint density at radius 2 is 1.80 bits per heavy atom. The third-order valence-corrected chi connectivity index (χ3v) is 5.16. The summed E-state index contributed by atoms with van der Waals surface area (Å²) in [7, 11) is 0. The van der Waals surface area contributed by atoms with Gasteiger partial charge in [-0.05, 0) is 63.6 Å². The fourth-order valence-electron chi connectivity index (χ4n) is 3.74. The molecule has 2 amide bonds. The topological polar surface area (TPSA) is 78.9 Å². The normalized spacial score (nSPS) is 17.2. The molecule has 0 aromatic heterocycles. The monoisotopic (exact) mass is 410 g/mol. The summed E-state index contributed by atoms with van der Waals surface area (Å²) in [6, 6.07) is 14.9. The molecule has 0 bridgehead atoms. The van der Waals surface area contributed by atoms with Crippen molar-refractivity contribution in [3.63, 3.8) is 0 Å². The van der Waals surface area contributed by atoms with E-state index in [9.17, 15) is 14.7 Å². The molecule has 2 aromatic rings. The van der Waals surface area contributed by atoms with E-state index >= 15 is 0 Å². The van der Waals surface area contributed by atoms with Crippen molar-refractivity contribution in [2.45, 2.75) is 51.6 Å². The molecule has 1 fully saturated rings. The number of likely N-dealkylation sites (tertiary alicyclic amines) is 1. The summed E-state index contributed by atoms with van der Waals surface area (Å²) < 4.78 is 5.21. The van der Waals surface area contributed by atoms with Crippen molar-refractivity contribution in [3.05, 3.63) is 59.7 Å². The van der Waals surface area contributed by atoms with Crippen molar-refractivity contribution < 1.29 is 19.4 Å². The Bertz CT molecular complexity index is 890. The van der Waals surface area contributed by atoms with E-state index in [0.29, 0.717) is 24.7 Å². The zero-order chi connectivity index (χ0) is 21.7. The van der Waals surface area contributed by atoms with Gasteiger partial charge in [-0.3, -0.25) is 10.1 Å². The number of nitrogens with zero attached hydrogens (tertiary/aromatic N) is 1. The molecule has 1 aliphatic heterocycles. The Morgan fingerprint density at radius 1 is 1.07 bits per heavy atom. The molecule has 1 atom stereocenters. The Kier molecular flexibility index (Phi) is 6.65. The molecule has 2 aromatic carbocycles. The van der Waals surface area contributed by atoms with Gasteiger partial charge in [0, 0.05) is 24.8 Å². The number of phenolic OH excluding ortho intramolecular Hbond substituents is 1. The molecule has 3 rings (SSSR count). The van der Waals surface area contributed by atoms with Crippen LogP contribution in [0.4, 0.5) is 10.5 Å². The van der Waals surface area contributed by atoms with Crippen LogP contribution in [0.2, 0.25) is 0 Å². The van der Waals surface area contributed by atoms with Crippen LogP contribution in [0.3, 0.4) is 0 Å². The molecule has 160 valence electrons. The molecule has 0 saturated carbocycles. The minimum Gasteiger partial charge on any atom is -0.507 e. The molecule has 1 aliphatic rings. The van der Waals surface area contributed by atoms with Crippen molar-refractivity contribution >= 4 is 17.7 Å². The number of nitrogens with one attached hydrogen (secondary N) is 1. The lowest BCUT2D eigenvalue weighted by molar-refractivity contribution is 0.0635. The van der Waals surface area contributed by atoms with Gasteiger partial charge in [-0.25, -0.2) is 4.79 Å². The van der Waals surface area contributed by atoms with Gasteiger partial charge in [0.05, 0.1) is 5.56 Å². The molecule has 6 heteroatoms. The molecule has 0 aliphatic carbocycles. The van der Waals surface area contributed by atoms with E-state index in [-0.39, 0.29) is 17.2 Å². The van der Waals surface area contributed by atoms with E-state index in [2.05, 4.69) is 17.4 Å². The summed E-state index contributed by atoms with van der Waals surface area (Å²) in [4.78, 5) is 26.7. The number of hydrogen-bond donors (Lipinski definition) is 2. The van der Waals surface area contributed by atoms with Gasteiger partial charge in [0.1, 0.15) is 11.4 Å². The van der Waals surface area contributed by atoms with Crippen molar-refractivity contribution in [2.75, 3.05) is 18.4 Å². The van der Waals surface area contributed by atoms with E-state index in [1.807, 2.05) is 18.2 Å². The molecule has 0 radical (unpaired) electrons. The zero-order valence-corrected chi connectivity index (χ0v) is 17.9. The molecule has 30 heavy (non-hydrogen) atoms. The lowest BCUT2D eigenvalue weighted by Crippen LogP contribution is -2.32. The quantitative estimate of drug-likeness (QED) is 0.733. The van der Waals surface area contributed by atoms with E-state index in [1.54, 1.807) is 37.8 Å². The first-order chi connectivity index (χ1) is 14.2. The van der Waals surface area contributed by atoms with Gasteiger partial charge in [0.15, 0.2) is 0 Å². The standard InChI is InChI=1S/C24H30N2O4/c1-24(2,3)30-23(29)25-19-11-12-20(21(27)16-19)22(28)26-14-7-10-18(13-15-26)17-8-5-4-6-9-17/h4-6,8-9,11-12,16,18,27H,7,10,13-15H2,1-3H3,(H,25,29). The van der Waals surface area contributed by atoms with Crippen LogP contribution < -0.4 is 5.32 Å². The first-order valence-corrected chi connectivity index (χ1v) is 10.4. The number of hydrogen-bond acceptors (Lipinski definition) is 4. The predicted molar refractivity (Wildman–Crippen MR) is 117 cm³/mol. The van der Waals surface area contributed by atoms with Crippen LogP contribution in [-0.2, 0) is 4.74 Å². The number of phenols is 1. The molecule has 1 unspecified atom stereocenters. The molecular weight excluding hydrogens is 380 g/mol. The minimum atomic E-state index is -0.619. The van der Waals surface area contributed by atoms with Crippen LogP contribution >= 0.6 is 0 Å². The van der Waals surface area contributed by atoms with E-state index in [1.165, 1.54) is 11.6 Å². The van der Waals surface area contributed by atoms with Gasteiger partial charge in [0.2, 0.25) is 0 Å². The zero-order valence-electron chi connectivity index (χ0n) is 17.9. The van der Waals surface area contributed by atoms with Crippen LogP contribution in [0.25, 0.3) is 0 Å². The smallest absolute Gasteiger partial charge is 0.412 e. The van der Waals surface area contributed by atoms with Gasteiger partial charge in [0.25, 0.3) is 5.91 Å². The second kappa shape index (κ2) is 9.20. The average Bonchev–Trinajstić information content (AvgIpc) is 2.93. The Morgan fingerprint density at radius 3 is 2.47 bits per heavy atom. The molecule has 0 spiro atoms. The number of benzene rings is 2.